The van der Waals surface area contributed by atoms with Gasteiger partial charge in [0.25, 0.3) is 0 Å². The average molecular weight is 404 g/mol. The number of hydrogen-bond acceptors (Lipinski definition) is 2. The predicted octanol–water partition coefficient (Wildman–Crippen LogP) is 6.78. The third-order valence-electron chi connectivity index (χ3n) is 5.40. The fourth-order valence-corrected chi connectivity index (χ4v) is 3.85. The van der Waals surface area contributed by atoms with E-state index in [0.29, 0.717) is 24.0 Å². The van der Waals surface area contributed by atoms with Crippen molar-refractivity contribution in [2.45, 2.75) is 58.2 Å². The van der Waals surface area contributed by atoms with Crippen LogP contribution in [0.25, 0.3) is 6.08 Å². The molecule has 0 radical (unpaired) electrons. The lowest BCUT2D eigenvalue weighted by molar-refractivity contribution is 0.0118. The third-order valence-corrected chi connectivity index (χ3v) is 5.40. The van der Waals surface area contributed by atoms with Crippen molar-refractivity contribution < 1.29 is 22.6 Å². The molecule has 1 saturated carbocycles. The Kier molecular flexibility index (Phi) is 7.37. The Balaban J connectivity index is 1.55. The molecule has 0 spiro atoms. The standard InChI is InChI=1S/C24H27F3O2/c1-3-5-16-6-7-18(21(25)14-16)15-29-19-10-8-17(9-11-19)20-12-13-22(28-4-2)24(27)23(20)26/h3,5-7,12-14,17,19H,4,8-11,15H2,1-2H3/b5-3+. The molecule has 0 amide bonds. The molecule has 1 fully saturated rings. The molecule has 1 aliphatic carbocycles. The van der Waals surface area contributed by atoms with Crippen LogP contribution in [-0.4, -0.2) is 12.7 Å². The molecule has 0 heterocycles. The molecule has 0 atom stereocenters. The quantitative estimate of drug-likeness (QED) is 0.506. The first-order valence-electron chi connectivity index (χ1n) is 10.2. The molecule has 5 heteroatoms. The van der Waals surface area contributed by atoms with Crippen molar-refractivity contribution in [3.8, 4) is 5.75 Å². The molecule has 2 aromatic carbocycles. The zero-order chi connectivity index (χ0) is 20.8. The minimum atomic E-state index is -0.917. The van der Waals surface area contributed by atoms with Crippen LogP contribution in [0.15, 0.2) is 36.4 Å². The van der Waals surface area contributed by atoms with Crippen molar-refractivity contribution >= 4 is 6.08 Å². The van der Waals surface area contributed by atoms with Crippen LogP contribution in [0.1, 0.15) is 62.1 Å². The molecule has 1 aliphatic rings. The van der Waals surface area contributed by atoms with E-state index < -0.39 is 11.6 Å². The molecule has 2 aromatic rings. The zero-order valence-electron chi connectivity index (χ0n) is 16.9. The first kappa shape index (κ1) is 21.4. The van der Waals surface area contributed by atoms with Gasteiger partial charge in [-0.3, -0.25) is 0 Å². The van der Waals surface area contributed by atoms with Crippen LogP contribution >= 0.6 is 0 Å². The number of ether oxygens (including phenoxy) is 2. The highest BCUT2D eigenvalue weighted by Crippen LogP contribution is 2.37. The maximum atomic E-state index is 14.4. The van der Waals surface area contributed by atoms with Gasteiger partial charge in [0, 0.05) is 5.56 Å². The Labute approximate surface area is 170 Å². The van der Waals surface area contributed by atoms with Crippen LogP contribution < -0.4 is 4.74 Å². The molecule has 0 bridgehead atoms. The molecule has 0 aromatic heterocycles. The first-order chi connectivity index (χ1) is 14.0. The summed E-state index contributed by atoms with van der Waals surface area (Å²) in [5.74, 6) is -2.10. The van der Waals surface area contributed by atoms with Gasteiger partial charge in [-0.25, -0.2) is 8.78 Å². The van der Waals surface area contributed by atoms with Gasteiger partial charge in [0.15, 0.2) is 11.6 Å². The van der Waals surface area contributed by atoms with Crippen molar-refractivity contribution in [3.63, 3.8) is 0 Å². The molecule has 156 valence electrons. The van der Waals surface area contributed by atoms with Crippen LogP contribution in [0.4, 0.5) is 13.2 Å². The third kappa shape index (κ3) is 5.21. The Morgan fingerprint density at radius 2 is 1.76 bits per heavy atom. The van der Waals surface area contributed by atoms with Crippen LogP contribution in [-0.2, 0) is 11.3 Å². The summed E-state index contributed by atoms with van der Waals surface area (Å²) in [6.45, 7) is 4.12. The lowest BCUT2D eigenvalue weighted by atomic mass is 9.82. The van der Waals surface area contributed by atoms with Gasteiger partial charge in [0.05, 0.1) is 19.3 Å². The van der Waals surface area contributed by atoms with E-state index >= 15 is 0 Å². The second kappa shape index (κ2) is 9.97. The molecule has 29 heavy (non-hydrogen) atoms. The molecule has 0 unspecified atom stereocenters. The van der Waals surface area contributed by atoms with Crippen molar-refractivity contribution in [3.05, 3.63) is 70.5 Å². The topological polar surface area (TPSA) is 18.5 Å². The number of allylic oxidation sites excluding steroid dienone is 1. The van der Waals surface area contributed by atoms with E-state index in [1.807, 2.05) is 25.1 Å². The van der Waals surface area contributed by atoms with E-state index in [9.17, 15) is 13.2 Å². The van der Waals surface area contributed by atoms with E-state index in [0.717, 1.165) is 18.4 Å². The van der Waals surface area contributed by atoms with Gasteiger partial charge in [-0.2, -0.15) is 4.39 Å². The van der Waals surface area contributed by atoms with Crippen LogP contribution in [0.3, 0.4) is 0 Å². The SMILES string of the molecule is C/C=C/c1ccc(COC2CCC(c3ccc(OCC)c(F)c3F)CC2)c(F)c1. The van der Waals surface area contributed by atoms with Gasteiger partial charge < -0.3 is 9.47 Å². The number of rotatable bonds is 7. The van der Waals surface area contributed by atoms with E-state index in [4.69, 9.17) is 9.47 Å². The molecule has 0 N–H and O–H groups in total. The van der Waals surface area contributed by atoms with Crippen molar-refractivity contribution in [2.24, 2.45) is 0 Å². The minimum Gasteiger partial charge on any atom is -0.491 e. The fraction of sp³-hybridized carbons (Fsp3) is 0.417. The highest BCUT2D eigenvalue weighted by molar-refractivity contribution is 5.49. The lowest BCUT2D eigenvalue weighted by Gasteiger charge is -2.29. The second-order valence-corrected chi connectivity index (χ2v) is 7.35. The molecule has 0 saturated heterocycles. The smallest absolute Gasteiger partial charge is 0.200 e. The number of halogens is 3. The van der Waals surface area contributed by atoms with E-state index in [2.05, 4.69) is 0 Å². The highest BCUT2D eigenvalue weighted by Gasteiger charge is 2.27. The van der Waals surface area contributed by atoms with Crippen LogP contribution in [0, 0.1) is 17.5 Å². The summed E-state index contributed by atoms with van der Waals surface area (Å²) in [7, 11) is 0. The molecule has 3 rings (SSSR count). The fourth-order valence-electron chi connectivity index (χ4n) is 3.85. The summed E-state index contributed by atoms with van der Waals surface area (Å²) in [5.41, 5.74) is 1.74. The molecule has 2 nitrogen and oxygen atoms in total. The first-order valence-corrected chi connectivity index (χ1v) is 10.2. The zero-order valence-corrected chi connectivity index (χ0v) is 16.9. The van der Waals surface area contributed by atoms with Gasteiger partial charge in [-0.1, -0.05) is 30.4 Å². The van der Waals surface area contributed by atoms with Crippen LogP contribution in [0.2, 0.25) is 0 Å². The summed E-state index contributed by atoms with van der Waals surface area (Å²) >= 11 is 0. The van der Waals surface area contributed by atoms with Gasteiger partial charge in [-0.15, -0.1) is 0 Å². The predicted molar refractivity (Wildman–Crippen MR) is 108 cm³/mol. The summed E-state index contributed by atoms with van der Waals surface area (Å²) in [6.07, 6.45) is 6.58. The maximum absolute atomic E-state index is 14.4. The van der Waals surface area contributed by atoms with E-state index in [1.54, 1.807) is 19.1 Å². The van der Waals surface area contributed by atoms with Gasteiger partial charge in [0.2, 0.25) is 5.82 Å². The number of hydrogen-bond donors (Lipinski definition) is 0. The summed E-state index contributed by atoms with van der Waals surface area (Å²) < 4.78 is 53.8. The normalized spacial score (nSPS) is 19.6. The van der Waals surface area contributed by atoms with Crippen molar-refractivity contribution in [2.75, 3.05) is 6.61 Å². The Morgan fingerprint density at radius 1 is 1.00 bits per heavy atom. The Morgan fingerprint density at radius 3 is 2.41 bits per heavy atom. The number of benzene rings is 2. The molecule has 0 aliphatic heterocycles. The van der Waals surface area contributed by atoms with E-state index in [-0.39, 0.29) is 36.8 Å². The van der Waals surface area contributed by atoms with Gasteiger partial charge in [-0.05, 0) is 68.7 Å². The molecular weight excluding hydrogens is 377 g/mol. The van der Waals surface area contributed by atoms with Crippen LogP contribution in [0.5, 0.6) is 5.75 Å². The average Bonchev–Trinajstić information content (AvgIpc) is 2.72. The Bertz CT molecular complexity index is 855. The largest absolute Gasteiger partial charge is 0.491 e. The lowest BCUT2D eigenvalue weighted by Crippen LogP contribution is -2.21. The summed E-state index contributed by atoms with van der Waals surface area (Å²) in [5, 5.41) is 0. The maximum Gasteiger partial charge on any atom is 0.200 e. The monoisotopic (exact) mass is 404 g/mol. The van der Waals surface area contributed by atoms with Crippen molar-refractivity contribution in [1.29, 1.82) is 0 Å². The van der Waals surface area contributed by atoms with E-state index in [1.165, 1.54) is 12.1 Å². The Hall–Kier alpha value is -2.27. The highest BCUT2D eigenvalue weighted by atomic mass is 19.2. The molecular formula is C24H27F3O2. The minimum absolute atomic E-state index is 0.00327. The van der Waals surface area contributed by atoms with Crippen molar-refractivity contribution in [1.82, 2.24) is 0 Å². The second-order valence-electron chi connectivity index (χ2n) is 7.35. The summed E-state index contributed by atoms with van der Waals surface area (Å²) in [6, 6.07) is 8.23. The van der Waals surface area contributed by atoms with Gasteiger partial charge in [0.1, 0.15) is 5.82 Å². The summed E-state index contributed by atoms with van der Waals surface area (Å²) in [4.78, 5) is 0. The van der Waals surface area contributed by atoms with Gasteiger partial charge >= 0.3 is 0 Å².